The predicted octanol–water partition coefficient (Wildman–Crippen LogP) is 4.60. The molecular formula is C19H20N2OS2. The number of thioether (sulfide) groups is 2. The first kappa shape index (κ1) is 15.9. The van der Waals surface area contributed by atoms with Crippen molar-refractivity contribution in [1.29, 1.82) is 0 Å². The number of amides is 1. The summed E-state index contributed by atoms with van der Waals surface area (Å²) < 4.78 is 2.32. The lowest BCUT2D eigenvalue weighted by Crippen LogP contribution is -2.30. The van der Waals surface area contributed by atoms with Gasteiger partial charge in [-0.3, -0.25) is 4.79 Å². The highest BCUT2D eigenvalue weighted by Crippen LogP contribution is 2.31. The van der Waals surface area contributed by atoms with Gasteiger partial charge in [-0.15, -0.1) is 11.8 Å². The van der Waals surface area contributed by atoms with Crippen LogP contribution < -0.4 is 5.32 Å². The number of aryl methyl sites for hydroxylation is 1. The first-order chi connectivity index (χ1) is 11.8. The van der Waals surface area contributed by atoms with Crippen LogP contribution in [0.3, 0.4) is 0 Å². The van der Waals surface area contributed by atoms with E-state index in [0.29, 0.717) is 0 Å². The maximum atomic E-state index is 12.5. The third kappa shape index (κ3) is 2.80. The number of carbonyl (C=O) groups excluding carboxylic acids is 1. The number of rotatable bonds is 3. The molecule has 1 N–H and O–H groups in total. The number of benzene rings is 2. The SMILES string of the molecule is CCn1c2ccccc2c2cc(NC(=O)C3CSCCS3)ccc21. The molecule has 124 valence electrons. The number of fused-ring (bicyclic) bond motifs is 3. The summed E-state index contributed by atoms with van der Waals surface area (Å²) in [7, 11) is 0. The summed E-state index contributed by atoms with van der Waals surface area (Å²) in [5, 5.41) is 5.63. The summed E-state index contributed by atoms with van der Waals surface area (Å²) >= 11 is 3.64. The smallest absolute Gasteiger partial charge is 0.238 e. The molecule has 2 heterocycles. The van der Waals surface area contributed by atoms with Gasteiger partial charge in [-0.2, -0.15) is 11.8 Å². The Morgan fingerprint density at radius 1 is 1.17 bits per heavy atom. The van der Waals surface area contributed by atoms with Gasteiger partial charge >= 0.3 is 0 Å². The summed E-state index contributed by atoms with van der Waals surface area (Å²) in [5.41, 5.74) is 3.36. The van der Waals surface area contributed by atoms with Crippen molar-refractivity contribution in [2.45, 2.75) is 18.7 Å². The lowest BCUT2D eigenvalue weighted by molar-refractivity contribution is -0.115. The molecule has 1 unspecified atom stereocenters. The summed E-state index contributed by atoms with van der Waals surface area (Å²) in [4.78, 5) is 12.5. The van der Waals surface area contributed by atoms with Crippen LogP contribution in [-0.2, 0) is 11.3 Å². The van der Waals surface area contributed by atoms with E-state index < -0.39 is 0 Å². The van der Waals surface area contributed by atoms with Gasteiger partial charge in [-0.05, 0) is 31.2 Å². The van der Waals surface area contributed by atoms with Crippen LogP contribution in [0.2, 0.25) is 0 Å². The molecule has 0 spiro atoms. The first-order valence-electron chi connectivity index (χ1n) is 8.29. The lowest BCUT2D eigenvalue weighted by Gasteiger charge is -2.20. The van der Waals surface area contributed by atoms with Crippen LogP contribution in [0, 0.1) is 0 Å². The van der Waals surface area contributed by atoms with Crippen LogP contribution in [0.15, 0.2) is 42.5 Å². The topological polar surface area (TPSA) is 34.0 Å². The fourth-order valence-corrected chi connectivity index (χ4v) is 5.89. The normalized spacial score (nSPS) is 18.1. The van der Waals surface area contributed by atoms with Gasteiger partial charge in [0.1, 0.15) is 0 Å². The van der Waals surface area contributed by atoms with E-state index in [1.165, 1.54) is 21.8 Å². The van der Waals surface area contributed by atoms with E-state index in [0.717, 1.165) is 29.5 Å². The molecule has 1 aromatic heterocycles. The molecule has 1 fully saturated rings. The number of nitrogens with one attached hydrogen (secondary N) is 1. The van der Waals surface area contributed by atoms with E-state index in [-0.39, 0.29) is 11.2 Å². The highest BCUT2D eigenvalue weighted by molar-refractivity contribution is 8.07. The van der Waals surface area contributed by atoms with Gasteiger partial charge in [-0.25, -0.2) is 0 Å². The average Bonchev–Trinajstić information content (AvgIpc) is 2.95. The Labute approximate surface area is 150 Å². The molecule has 1 amide bonds. The number of para-hydroxylation sites is 1. The molecule has 2 aromatic carbocycles. The number of hydrogen-bond donors (Lipinski definition) is 1. The molecule has 1 atom stereocenters. The minimum absolute atomic E-state index is 0.0661. The Balaban J connectivity index is 1.70. The van der Waals surface area contributed by atoms with Gasteiger partial charge in [-0.1, -0.05) is 18.2 Å². The van der Waals surface area contributed by atoms with Crippen molar-refractivity contribution >= 4 is 56.9 Å². The Morgan fingerprint density at radius 3 is 2.79 bits per heavy atom. The standard InChI is InChI=1S/C19H20N2OS2/c1-2-21-16-6-4-3-5-14(16)15-11-13(7-8-17(15)21)20-19(22)18-12-23-9-10-24-18/h3-8,11,18H,2,9-10,12H2,1H3,(H,20,22). The monoisotopic (exact) mass is 356 g/mol. The maximum Gasteiger partial charge on any atom is 0.238 e. The zero-order chi connectivity index (χ0) is 16.5. The van der Waals surface area contributed by atoms with E-state index in [1.54, 1.807) is 11.8 Å². The molecule has 3 nitrogen and oxygen atoms in total. The van der Waals surface area contributed by atoms with Crippen LogP contribution >= 0.6 is 23.5 Å². The number of aromatic nitrogens is 1. The zero-order valence-corrected chi connectivity index (χ0v) is 15.3. The molecule has 4 rings (SSSR count). The van der Waals surface area contributed by atoms with Crippen LogP contribution in [0.25, 0.3) is 21.8 Å². The van der Waals surface area contributed by atoms with Gasteiger partial charge in [0.25, 0.3) is 0 Å². The van der Waals surface area contributed by atoms with E-state index in [2.05, 4.69) is 53.2 Å². The Kier molecular flexibility index (Phi) is 4.46. The minimum Gasteiger partial charge on any atom is -0.341 e. The average molecular weight is 357 g/mol. The van der Waals surface area contributed by atoms with Crippen molar-refractivity contribution in [1.82, 2.24) is 4.57 Å². The Hall–Kier alpha value is -1.59. The molecule has 0 aliphatic carbocycles. The van der Waals surface area contributed by atoms with E-state index in [9.17, 15) is 4.79 Å². The lowest BCUT2D eigenvalue weighted by atomic mass is 10.1. The molecule has 0 bridgehead atoms. The number of nitrogens with zero attached hydrogens (tertiary/aromatic N) is 1. The predicted molar refractivity (Wildman–Crippen MR) is 107 cm³/mol. The summed E-state index contributed by atoms with van der Waals surface area (Å²) in [6, 6.07) is 14.7. The summed E-state index contributed by atoms with van der Waals surface area (Å²) in [6.07, 6.45) is 0. The number of anilines is 1. The molecule has 0 saturated carbocycles. The van der Waals surface area contributed by atoms with E-state index in [4.69, 9.17) is 0 Å². The fraction of sp³-hybridized carbons (Fsp3) is 0.316. The molecular weight excluding hydrogens is 336 g/mol. The second kappa shape index (κ2) is 6.73. The molecule has 5 heteroatoms. The quantitative estimate of drug-likeness (QED) is 0.744. The van der Waals surface area contributed by atoms with Gasteiger partial charge in [0.15, 0.2) is 0 Å². The van der Waals surface area contributed by atoms with Crippen molar-refractivity contribution < 1.29 is 4.79 Å². The van der Waals surface area contributed by atoms with Gasteiger partial charge in [0, 0.05) is 51.3 Å². The van der Waals surface area contributed by atoms with E-state index in [1.807, 2.05) is 17.8 Å². The highest BCUT2D eigenvalue weighted by atomic mass is 32.2. The molecule has 1 aliphatic rings. The van der Waals surface area contributed by atoms with Crippen molar-refractivity contribution in [2.24, 2.45) is 0 Å². The van der Waals surface area contributed by atoms with Gasteiger partial charge < -0.3 is 9.88 Å². The van der Waals surface area contributed by atoms with Crippen molar-refractivity contribution in [2.75, 3.05) is 22.6 Å². The minimum atomic E-state index is 0.0661. The van der Waals surface area contributed by atoms with Crippen LogP contribution in [0.1, 0.15) is 6.92 Å². The van der Waals surface area contributed by atoms with Crippen molar-refractivity contribution in [3.63, 3.8) is 0 Å². The summed E-state index contributed by atoms with van der Waals surface area (Å²) in [6.45, 7) is 3.10. The second-order valence-corrected chi connectivity index (χ2v) is 8.38. The van der Waals surface area contributed by atoms with Crippen molar-refractivity contribution in [3.8, 4) is 0 Å². The second-order valence-electron chi connectivity index (χ2n) is 5.92. The van der Waals surface area contributed by atoms with Gasteiger partial charge in [0.05, 0.1) is 5.25 Å². The molecule has 0 radical (unpaired) electrons. The molecule has 3 aromatic rings. The van der Waals surface area contributed by atoms with Crippen LogP contribution in [-0.4, -0.2) is 33.0 Å². The largest absolute Gasteiger partial charge is 0.341 e. The fourth-order valence-electron chi connectivity index (χ4n) is 3.33. The van der Waals surface area contributed by atoms with Crippen LogP contribution in [0.4, 0.5) is 5.69 Å². The van der Waals surface area contributed by atoms with Crippen molar-refractivity contribution in [3.05, 3.63) is 42.5 Å². The van der Waals surface area contributed by atoms with Gasteiger partial charge in [0.2, 0.25) is 5.91 Å². The number of hydrogen-bond acceptors (Lipinski definition) is 3. The first-order valence-corrected chi connectivity index (χ1v) is 10.5. The molecule has 24 heavy (non-hydrogen) atoms. The maximum absolute atomic E-state index is 12.5. The third-order valence-electron chi connectivity index (χ3n) is 4.46. The summed E-state index contributed by atoms with van der Waals surface area (Å²) in [5.74, 6) is 3.25. The number of carbonyl (C=O) groups is 1. The highest BCUT2D eigenvalue weighted by Gasteiger charge is 2.22. The van der Waals surface area contributed by atoms with E-state index >= 15 is 0 Å². The van der Waals surface area contributed by atoms with Crippen LogP contribution in [0.5, 0.6) is 0 Å². The Morgan fingerprint density at radius 2 is 2.00 bits per heavy atom. The zero-order valence-electron chi connectivity index (χ0n) is 13.6. The molecule has 1 saturated heterocycles. The third-order valence-corrected chi connectivity index (χ3v) is 7.22. The molecule has 1 aliphatic heterocycles. The Bertz CT molecular complexity index is 897.